The van der Waals surface area contributed by atoms with Crippen LogP contribution in [0.15, 0.2) is 78.9 Å². The van der Waals surface area contributed by atoms with Crippen LogP contribution < -0.4 is 15.0 Å². The Hall–Kier alpha value is -3.87. The Bertz CT molecular complexity index is 906. The quantitative estimate of drug-likeness (QED) is 0.512. The number of hydrogen-bond acceptors (Lipinski definition) is 4. The Morgan fingerprint density at radius 2 is 1.52 bits per heavy atom. The van der Waals surface area contributed by atoms with Crippen molar-refractivity contribution < 1.29 is 14.5 Å². The van der Waals surface area contributed by atoms with Crippen LogP contribution in [0.5, 0.6) is 5.75 Å². The number of urea groups is 1. The summed E-state index contributed by atoms with van der Waals surface area (Å²) in [4.78, 5) is 25.1. The zero-order valence-electron chi connectivity index (χ0n) is 14.5. The summed E-state index contributed by atoms with van der Waals surface area (Å²) in [5.74, 6) is 0.329. The maximum absolute atomic E-state index is 13.1. The van der Waals surface area contributed by atoms with Crippen molar-refractivity contribution >= 4 is 28.8 Å². The van der Waals surface area contributed by atoms with Crippen molar-refractivity contribution in [3.05, 3.63) is 89.0 Å². The lowest BCUT2D eigenvalue weighted by Crippen LogP contribution is -2.30. The average molecular weight is 363 g/mol. The van der Waals surface area contributed by atoms with Crippen molar-refractivity contribution in [3.63, 3.8) is 0 Å². The SMILES string of the molecule is COc1ccc([N+](=O)[O-])cc1NC(=O)N(c1ccccc1)c1ccccc1. The van der Waals surface area contributed by atoms with E-state index in [0.717, 1.165) is 0 Å². The van der Waals surface area contributed by atoms with Gasteiger partial charge in [0.15, 0.2) is 0 Å². The van der Waals surface area contributed by atoms with Crippen LogP contribution in [0, 0.1) is 10.1 Å². The molecule has 0 saturated heterocycles. The molecule has 0 aliphatic heterocycles. The number of non-ortho nitro benzene ring substituents is 1. The minimum absolute atomic E-state index is 0.142. The summed E-state index contributed by atoms with van der Waals surface area (Å²) >= 11 is 0. The molecule has 0 aromatic heterocycles. The Morgan fingerprint density at radius 1 is 0.963 bits per heavy atom. The molecule has 0 radical (unpaired) electrons. The fourth-order valence-corrected chi connectivity index (χ4v) is 2.62. The molecule has 27 heavy (non-hydrogen) atoms. The molecule has 3 aromatic rings. The van der Waals surface area contributed by atoms with E-state index in [-0.39, 0.29) is 11.4 Å². The maximum Gasteiger partial charge on any atom is 0.331 e. The number of nitrogens with one attached hydrogen (secondary N) is 1. The van der Waals surface area contributed by atoms with E-state index >= 15 is 0 Å². The minimum atomic E-state index is -0.527. The van der Waals surface area contributed by atoms with Crippen LogP contribution in [0.4, 0.5) is 27.5 Å². The minimum Gasteiger partial charge on any atom is -0.495 e. The summed E-state index contributed by atoms with van der Waals surface area (Å²) in [5.41, 5.74) is 1.39. The van der Waals surface area contributed by atoms with E-state index in [0.29, 0.717) is 17.1 Å². The van der Waals surface area contributed by atoms with E-state index in [9.17, 15) is 14.9 Å². The monoisotopic (exact) mass is 363 g/mol. The summed E-state index contributed by atoms with van der Waals surface area (Å²) < 4.78 is 5.22. The van der Waals surface area contributed by atoms with Gasteiger partial charge in [-0.1, -0.05) is 36.4 Å². The fraction of sp³-hybridized carbons (Fsp3) is 0.0500. The highest BCUT2D eigenvalue weighted by molar-refractivity contribution is 6.07. The fourth-order valence-electron chi connectivity index (χ4n) is 2.62. The Balaban J connectivity index is 1.99. The second kappa shape index (κ2) is 8.01. The summed E-state index contributed by atoms with van der Waals surface area (Å²) in [6, 6.07) is 21.8. The van der Waals surface area contributed by atoms with Gasteiger partial charge in [-0.25, -0.2) is 4.79 Å². The smallest absolute Gasteiger partial charge is 0.331 e. The van der Waals surface area contributed by atoms with Gasteiger partial charge in [0.2, 0.25) is 0 Å². The first-order valence-electron chi connectivity index (χ1n) is 8.14. The van der Waals surface area contributed by atoms with Gasteiger partial charge in [-0.05, 0) is 30.3 Å². The van der Waals surface area contributed by atoms with E-state index in [2.05, 4.69) is 5.32 Å². The first-order chi connectivity index (χ1) is 13.1. The second-order valence-corrected chi connectivity index (χ2v) is 5.58. The molecule has 3 aromatic carbocycles. The zero-order valence-corrected chi connectivity index (χ0v) is 14.5. The number of methoxy groups -OCH3 is 1. The number of hydrogen-bond donors (Lipinski definition) is 1. The molecule has 0 atom stereocenters. The van der Waals surface area contributed by atoms with Gasteiger partial charge in [-0.15, -0.1) is 0 Å². The number of benzene rings is 3. The van der Waals surface area contributed by atoms with Crippen LogP contribution in [0.25, 0.3) is 0 Å². The van der Waals surface area contributed by atoms with Crippen LogP contribution in [0.1, 0.15) is 0 Å². The lowest BCUT2D eigenvalue weighted by Gasteiger charge is -2.23. The van der Waals surface area contributed by atoms with E-state index in [4.69, 9.17) is 4.74 Å². The lowest BCUT2D eigenvalue weighted by molar-refractivity contribution is -0.384. The number of rotatable bonds is 5. The number of anilines is 3. The van der Waals surface area contributed by atoms with E-state index in [1.54, 1.807) is 24.3 Å². The van der Waals surface area contributed by atoms with Gasteiger partial charge in [0, 0.05) is 12.1 Å². The molecule has 0 spiro atoms. The molecule has 136 valence electrons. The number of nitro benzene ring substituents is 1. The molecule has 3 rings (SSSR count). The molecule has 7 nitrogen and oxygen atoms in total. The van der Waals surface area contributed by atoms with Gasteiger partial charge in [-0.2, -0.15) is 0 Å². The molecule has 0 aliphatic carbocycles. The standard InChI is InChI=1S/C20H17N3O4/c1-27-19-13-12-17(23(25)26)14-18(19)21-20(24)22(15-8-4-2-5-9-15)16-10-6-3-7-11-16/h2-14H,1H3,(H,21,24). The number of ether oxygens (including phenoxy) is 1. The first kappa shape index (κ1) is 17.9. The molecule has 0 unspecified atom stereocenters. The molecule has 7 heteroatoms. The van der Waals surface area contributed by atoms with Crippen LogP contribution in [-0.4, -0.2) is 18.1 Å². The number of nitro groups is 1. The molecule has 0 aliphatic rings. The molecule has 1 N–H and O–H groups in total. The number of nitrogens with zero attached hydrogens (tertiary/aromatic N) is 2. The van der Waals surface area contributed by atoms with Crippen LogP contribution in [0.2, 0.25) is 0 Å². The topological polar surface area (TPSA) is 84.7 Å². The average Bonchev–Trinajstić information content (AvgIpc) is 2.69. The lowest BCUT2D eigenvalue weighted by atomic mass is 10.2. The maximum atomic E-state index is 13.1. The van der Waals surface area contributed by atoms with Crippen molar-refractivity contribution in [2.24, 2.45) is 0 Å². The molecule has 0 saturated carbocycles. The summed E-state index contributed by atoms with van der Waals surface area (Å²) in [5, 5.41) is 13.8. The van der Waals surface area contributed by atoms with Crippen molar-refractivity contribution in [1.29, 1.82) is 0 Å². The summed E-state index contributed by atoms with van der Waals surface area (Å²) in [6.07, 6.45) is 0. The van der Waals surface area contributed by atoms with Crippen molar-refractivity contribution in [2.75, 3.05) is 17.3 Å². The highest BCUT2D eigenvalue weighted by atomic mass is 16.6. The van der Waals surface area contributed by atoms with Crippen LogP contribution >= 0.6 is 0 Å². The first-order valence-corrected chi connectivity index (χ1v) is 8.14. The second-order valence-electron chi connectivity index (χ2n) is 5.58. The third-order valence-electron chi connectivity index (χ3n) is 3.87. The Labute approximate surface area is 156 Å². The van der Waals surface area contributed by atoms with E-state index in [1.807, 2.05) is 36.4 Å². The predicted octanol–water partition coefficient (Wildman–Crippen LogP) is 4.97. The molecular formula is C20H17N3O4. The molecule has 2 amide bonds. The van der Waals surface area contributed by atoms with E-state index in [1.165, 1.54) is 30.2 Å². The number of carbonyl (C=O) groups excluding carboxylic acids is 1. The van der Waals surface area contributed by atoms with Gasteiger partial charge in [0.05, 0.1) is 29.1 Å². The third-order valence-corrected chi connectivity index (χ3v) is 3.87. The third kappa shape index (κ3) is 4.04. The Morgan fingerprint density at radius 3 is 2.00 bits per heavy atom. The van der Waals surface area contributed by atoms with Gasteiger partial charge in [-0.3, -0.25) is 15.0 Å². The van der Waals surface area contributed by atoms with Crippen molar-refractivity contribution in [2.45, 2.75) is 0 Å². The number of carbonyl (C=O) groups is 1. The number of para-hydroxylation sites is 2. The molecule has 0 bridgehead atoms. The molecule has 0 fully saturated rings. The molecule has 0 heterocycles. The van der Waals surface area contributed by atoms with Gasteiger partial charge in [0.25, 0.3) is 5.69 Å². The number of amides is 2. The summed E-state index contributed by atoms with van der Waals surface area (Å²) in [6.45, 7) is 0. The van der Waals surface area contributed by atoms with Crippen molar-refractivity contribution in [1.82, 2.24) is 0 Å². The highest BCUT2D eigenvalue weighted by Crippen LogP contribution is 2.31. The predicted molar refractivity (Wildman–Crippen MR) is 104 cm³/mol. The van der Waals surface area contributed by atoms with Crippen LogP contribution in [-0.2, 0) is 0 Å². The highest BCUT2D eigenvalue weighted by Gasteiger charge is 2.20. The Kier molecular flexibility index (Phi) is 5.32. The van der Waals surface area contributed by atoms with Gasteiger partial charge >= 0.3 is 6.03 Å². The van der Waals surface area contributed by atoms with Gasteiger partial charge < -0.3 is 10.1 Å². The zero-order chi connectivity index (χ0) is 19.2. The normalized spacial score (nSPS) is 10.1. The summed E-state index contributed by atoms with van der Waals surface area (Å²) in [7, 11) is 1.43. The van der Waals surface area contributed by atoms with Crippen molar-refractivity contribution in [3.8, 4) is 5.75 Å². The van der Waals surface area contributed by atoms with Crippen LogP contribution in [0.3, 0.4) is 0 Å². The van der Waals surface area contributed by atoms with Gasteiger partial charge in [0.1, 0.15) is 5.75 Å². The largest absolute Gasteiger partial charge is 0.495 e. The van der Waals surface area contributed by atoms with E-state index < -0.39 is 11.0 Å². The molecular weight excluding hydrogens is 346 g/mol.